The lowest BCUT2D eigenvalue weighted by molar-refractivity contribution is 0.120. The number of hydrogen-bond donors (Lipinski definition) is 1. The molecular formula is C25H27N3O2. The second-order valence-corrected chi connectivity index (χ2v) is 6.96. The van der Waals surface area contributed by atoms with Crippen LogP contribution < -0.4 is 5.32 Å². The van der Waals surface area contributed by atoms with Crippen LogP contribution in [0.5, 0.6) is 0 Å². The van der Waals surface area contributed by atoms with E-state index < -0.39 is 0 Å². The normalized spacial score (nSPS) is 15.6. The molecule has 5 rings (SSSR count). The van der Waals surface area contributed by atoms with Crippen molar-refractivity contribution in [1.82, 2.24) is 9.97 Å². The van der Waals surface area contributed by atoms with Gasteiger partial charge >= 0.3 is 0 Å². The highest BCUT2D eigenvalue weighted by Crippen LogP contribution is 2.42. The molecule has 0 saturated carbocycles. The molecule has 2 aromatic carbocycles. The molecule has 1 N–H and O–H groups in total. The van der Waals surface area contributed by atoms with Crippen LogP contribution in [0.4, 0.5) is 5.82 Å². The second kappa shape index (κ2) is 9.55. The van der Waals surface area contributed by atoms with Gasteiger partial charge in [-0.3, -0.25) is 0 Å². The Kier molecular flexibility index (Phi) is 6.40. The van der Waals surface area contributed by atoms with Crippen LogP contribution >= 0.6 is 0 Å². The zero-order valence-corrected chi connectivity index (χ0v) is 17.5. The van der Waals surface area contributed by atoms with E-state index in [1.54, 1.807) is 6.33 Å². The average Bonchev–Trinajstić information content (AvgIpc) is 3.48. The second-order valence-electron chi connectivity index (χ2n) is 6.96. The molecule has 1 aliphatic heterocycles. The Morgan fingerprint density at radius 1 is 0.933 bits per heavy atom. The van der Waals surface area contributed by atoms with Crippen molar-refractivity contribution in [2.45, 2.75) is 32.8 Å². The summed E-state index contributed by atoms with van der Waals surface area (Å²) < 4.78 is 12.0. The van der Waals surface area contributed by atoms with Crippen LogP contribution in [0.15, 0.2) is 71.4 Å². The highest BCUT2D eigenvalue weighted by molar-refractivity contribution is 6.05. The van der Waals surface area contributed by atoms with Gasteiger partial charge in [0.05, 0.1) is 11.5 Å². The monoisotopic (exact) mass is 401 g/mol. The third-order valence-electron chi connectivity index (χ3n) is 5.11. The molecule has 1 aliphatic rings. The first-order chi connectivity index (χ1) is 14.9. The van der Waals surface area contributed by atoms with Gasteiger partial charge in [-0.15, -0.1) is 0 Å². The molecule has 4 aromatic rings. The highest BCUT2D eigenvalue weighted by Gasteiger charge is 2.23. The third kappa shape index (κ3) is 4.07. The van der Waals surface area contributed by atoms with E-state index in [9.17, 15) is 0 Å². The van der Waals surface area contributed by atoms with Crippen molar-refractivity contribution >= 4 is 16.9 Å². The van der Waals surface area contributed by atoms with E-state index in [0.717, 1.165) is 59.6 Å². The van der Waals surface area contributed by atoms with Crippen LogP contribution in [-0.2, 0) is 4.74 Å². The Bertz CT molecular complexity index is 1070. The maximum atomic E-state index is 6.23. The minimum absolute atomic E-state index is 0.227. The van der Waals surface area contributed by atoms with Gasteiger partial charge in [0.1, 0.15) is 17.9 Å². The first-order valence-corrected chi connectivity index (χ1v) is 10.6. The maximum absolute atomic E-state index is 6.23. The van der Waals surface area contributed by atoms with Crippen LogP contribution in [0, 0.1) is 0 Å². The molecule has 1 unspecified atom stereocenters. The summed E-state index contributed by atoms with van der Waals surface area (Å²) in [7, 11) is 0. The number of nitrogens with one attached hydrogen (secondary N) is 1. The van der Waals surface area contributed by atoms with Gasteiger partial charge in [0, 0.05) is 24.3 Å². The van der Waals surface area contributed by atoms with Crippen LogP contribution in [0.1, 0.15) is 26.7 Å². The molecule has 1 saturated heterocycles. The fourth-order valence-corrected chi connectivity index (χ4v) is 3.76. The summed E-state index contributed by atoms with van der Waals surface area (Å²) in [4.78, 5) is 8.93. The van der Waals surface area contributed by atoms with Gasteiger partial charge in [0.25, 0.3) is 0 Å². The molecule has 2 aromatic heterocycles. The van der Waals surface area contributed by atoms with Crippen molar-refractivity contribution in [1.29, 1.82) is 0 Å². The minimum atomic E-state index is 0.227. The largest absolute Gasteiger partial charge is 0.437 e. The molecule has 1 fully saturated rings. The number of furan rings is 1. The van der Waals surface area contributed by atoms with Crippen molar-refractivity contribution in [2.75, 3.05) is 18.5 Å². The molecule has 0 amide bonds. The lowest BCUT2D eigenvalue weighted by Crippen LogP contribution is -2.19. The maximum Gasteiger partial charge on any atom is 0.232 e. The van der Waals surface area contributed by atoms with E-state index in [2.05, 4.69) is 39.6 Å². The van der Waals surface area contributed by atoms with Gasteiger partial charge in [-0.05, 0) is 18.4 Å². The lowest BCUT2D eigenvalue weighted by atomic mass is 9.99. The van der Waals surface area contributed by atoms with Crippen LogP contribution in [0.3, 0.4) is 0 Å². The molecule has 0 spiro atoms. The smallest absolute Gasteiger partial charge is 0.232 e. The zero-order valence-electron chi connectivity index (χ0n) is 17.5. The highest BCUT2D eigenvalue weighted by atomic mass is 16.5. The average molecular weight is 402 g/mol. The minimum Gasteiger partial charge on any atom is -0.437 e. The third-order valence-corrected chi connectivity index (χ3v) is 5.11. The van der Waals surface area contributed by atoms with E-state index in [0.29, 0.717) is 5.71 Å². The SMILES string of the molecule is CC.c1ccc(-c2oc3ncnc(NCC4CCCO4)c3c2-c2ccccc2)cc1. The molecule has 30 heavy (non-hydrogen) atoms. The molecule has 1 atom stereocenters. The number of nitrogens with zero attached hydrogens (tertiary/aromatic N) is 2. The van der Waals surface area contributed by atoms with Crippen molar-refractivity contribution < 1.29 is 9.15 Å². The van der Waals surface area contributed by atoms with Gasteiger partial charge in [0.15, 0.2) is 0 Å². The van der Waals surface area contributed by atoms with Gasteiger partial charge in [-0.25, -0.2) is 9.97 Å². The topological polar surface area (TPSA) is 60.2 Å². The number of anilines is 1. The van der Waals surface area contributed by atoms with E-state index in [-0.39, 0.29) is 6.10 Å². The summed E-state index contributed by atoms with van der Waals surface area (Å²) in [5.41, 5.74) is 3.69. The summed E-state index contributed by atoms with van der Waals surface area (Å²) >= 11 is 0. The van der Waals surface area contributed by atoms with E-state index in [1.165, 1.54) is 0 Å². The van der Waals surface area contributed by atoms with Gasteiger partial charge in [-0.1, -0.05) is 74.5 Å². The van der Waals surface area contributed by atoms with Crippen molar-refractivity contribution in [3.8, 4) is 22.5 Å². The first-order valence-electron chi connectivity index (χ1n) is 10.6. The van der Waals surface area contributed by atoms with E-state index in [4.69, 9.17) is 9.15 Å². The van der Waals surface area contributed by atoms with E-state index in [1.807, 2.05) is 50.2 Å². The first kappa shape index (κ1) is 20.1. The number of rotatable bonds is 5. The van der Waals surface area contributed by atoms with E-state index >= 15 is 0 Å². The quantitative estimate of drug-likeness (QED) is 0.433. The predicted molar refractivity (Wildman–Crippen MR) is 121 cm³/mol. The number of benzene rings is 2. The summed E-state index contributed by atoms with van der Waals surface area (Å²) in [6, 6.07) is 20.4. The fourth-order valence-electron chi connectivity index (χ4n) is 3.76. The van der Waals surface area contributed by atoms with Crippen molar-refractivity contribution in [3.63, 3.8) is 0 Å². The van der Waals surface area contributed by atoms with Crippen molar-refractivity contribution in [3.05, 3.63) is 67.0 Å². The molecule has 154 valence electrons. The summed E-state index contributed by atoms with van der Waals surface area (Å²) in [5.74, 6) is 1.59. The molecular weight excluding hydrogens is 374 g/mol. The molecule has 5 heteroatoms. The molecule has 0 radical (unpaired) electrons. The Morgan fingerprint density at radius 2 is 1.63 bits per heavy atom. The fraction of sp³-hybridized carbons (Fsp3) is 0.280. The summed E-state index contributed by atoms with van der Waals surface area (Å²) in [6.45, 7) is 5.57. The zero-order chi connectivity index (χ0) is 20.8. The molecule has 5 nitrogen and oxygen atoms in total. The predicted octanol–water partition coefficient (Wildman–Crippen LogP) is 6.17. The van der Waals surface area contributed by atoms with Crippen LogP contribution in [0.2, 0.25) is 0 Å². The van der Waals surface area contributed by atoms with Crippen molar-refractivity contribution in [2.24, 2.45) is 0 Å². The Hall–Kier alpha value is -3.18. The van der Waals surface area contributed by atoms with Crippen LogP contribution in [-0.4, -0.2) is 29.2 Å². The molecule has 0 aliphatic carbocycles. The summed E-state index contributed by atoms with van der Waals surface area (Å²) in [5, 5.41) is 4.38. The molecule has 0 bridgehead atoms. The van der Waals surface area contributed by atoms with Gasteiger partial charge in [-0.2, -0.15) is 0 Å². The van der Waals surface area contributed by atoms with Gasteiger partial charge < -0.3 is 14.5 Å². The lowest BCUT2D eigenvalue weighted by Gasteiger charge is -2.12. The number of aromatic nitrogens is 2. The van der Waals surface area contributed by atoms with Gasteiger partial charge in [0.2, 0.25) is 5.71 Å². The summed E-state index contributed by atoms with van der Waals surface area (Å²) in [6.07, 6.45) is 3.97. The molecule has 3 heterocycles. The standard InChI is InChI=1S/C23H21N3O2.C2H6/c1-3-8-16(9-4-1)19-20-22(24-14-18-12-7-13-27-18)25-15-26-23(20)28-21(19)17-10-5-2-6-11-17;1-2/h1-6,8-11,15,18H,7,12-14H2,(H,24,25,26);1-2H3. The Labute approximate surface area is 177 Å². The number of ether oxygens (including phenoxy) is 1. The Morgan fingerprint density at radius 3 is 2.30 bits per heavy atom. The Balaban J connectivity index is 0.00000106. The number of hydrogen-bond acceptors (Lipinski definition) is 5. The number of fused-ring (bicyclic) bond motifs is 1. The van der Waals surface area contributed by atoms with Crippen LogP contribution in [0.25, 0.3) is 33.6 Å².